The molecule has 6 heteroatoms. The van der Waals surface area contributed by atoms with Crippen LogP contribution in [0.3, 0.4) is 0 Å². The van der Waals surface area contributed by atoms with E-state index < -0.39 is 0 Å². The molecule has 0 N–H and O–H groups in total. The minimum absolute atomic E-state index is 0.0510. The van der Waals surface area contributed by atoms with Crippen LogP contribution in [0.25, 0.3) is 5.69 Å². The van der Waals surface area contributed by atoms with E-state index in [1.807, 2.05) is 48.1 Å². The number of ether oxygens (including phenoxy) is 1. The Morgan fingerprint density at radius 1 is 1.22 bits per heavy atom. The van der Waals surface area contributed by atoms with Crippen LogP contribution in [0.1, 0.15) is 19.5 Å². The molecule has 2 aliphatic rings. The molecule has 0 unspecified atom stereocenters. The molecule has 1 aliphatic carbocycles. The average molecular weight is 366 g/mol. The van der Waals surface area contributed by atoms with Crippen molar-refractivity contribution in [2.45, 2.75) is 20.4 Å². The molecular formula is C21H26N4O2. The van der Waals surface area contributed by atoms with Crippen LogP contribution in [0, 0.1) is 23.7 Å². The Bertz CT molecular complexity index is 817. The van der Waals surface area contributed by atoms with Gasteiger partial charge in [-0.3, -0.25) is 9.69 Å². The summed E-state index contributed by atoms with van der Waals surface area (Å²) in [5, 5.41) is 8.58. The molecule has 1 aliphatic heterocycles. The van der Waals surface area contributed by atoms with Gasteiger partial charge in [0.1, 0.15) is 0 Å². The lowest BCUT2D eigenvalue weighted by Crippen LogP contribution is -2.37. The smallest absolute Gasteiger partial charge is 0.309 e. The van der Waals surface area contributed by atoms with E-state index in [1.54, 1.807) is 0 Å². The van der Waals surface area contributed by atoms with E-state index in [-0.39, 0.29) is 17.8 Å². The molecule has 142 valence electrons. The number of likely N-dealkylation sites (tertiary alicyclic amines) is 1. The first-order valence-electron chi connectivity index (χ1n) is 9.69. The van der Waals surface area contributed by atoms with Crippen molar-refractivity contribution < 1.29 is 9.53 Å². The van der Waals surface area contributed by atoms with Crippen molar-refractivity contribution in [3.8, 4) is 5.69 Å². The van der Waals surface area contributed by atoms with Crippen LogP contribution in [0.5, 0.6) is 0 Å². The van der Waals surface area contributed by atoms with Gasteiger partial charge in [0.2, 0.25) is 0 Å². The van der Waals surface area contributed by atoms with Crippen molar-refractivity contribution in [1.29, 1.82) is 0 Å². The molecule has 0 spiro atoms. The number of aromatic nitrogens is 3. The first-order chi connectivity index (χ1) is 13.2. The Balaban J connectivity index is 1.44. The Morgan fingerprint density at radius 3 is 2.81 bits per heavy atom. The number of carbonyl (C=O) groups is 1. The number of fused-ring (bicyclic) bond motifs is 1. The predicted molar refractivity (Wildman–Crippen MR) is 102 cm³/mol. The largest absolute Gasteiger partial charge is 0.466 e. The van der Waals surface area contributed by atoms with Gasteiger partial charge >= 0.3 is 5.97 Å². The van der Waals surface area contributed by atoms with Crippen molar-refractivity contribution in [2.24, 2.45) is 23.7 Å². The third-order valence-electron chi connectivity index (χ3n) is 5.68. The van der Waals surface area contributed by atoms with Crippen molar-refractivity contribution in [3.05, 3.63) is 54.4 Å². The van der Waals surface area contributed by atoms with Gasteiger partial charge in [-0.1, -0.05) is 42.5 Å². The second-order valence-electron chi connectivity index (χ2n) is 7.53. The van der Waals surface area contributed by atoms with E-state index in [4.69, 9.17) is 4.74 Å². The standard InChI is InChI=1S/C21H26N4O2/c1-3-27-21(26)20-15(2)9-10-16-11-24(14-19(16)20)12-17-13-25(23-22-17)18-7-5-4-6-8-18/h4-10,13,15-16,19-20H,3,11-12,14H2,1-2H3/t15-,16-,19+,20+/m0/s1. The highest BCUT2D eigenvalue weighted by molar-refractivity contribution is 5.74. The molecule has 6 nitrogen and oxygen atoms in total. The van der Waals surface area contributed by atoms with Gasteiger partial charge in [0.25, 0.3) is 0 Å². The van der Waals surface area contributed by atoms with Crippen molar-refractivity contribution in [2.75, 3.05) is 19.7 Å². The molecule has 2 heterocycles. The highest BCUT2D eigenvalue weighted by Crippen LogP contribution is 2.40. The maximum Gasteiger partial charge on any atom is 0.309 e. The summed E-state index contributed by atoms with van der Waals surface area (Å²) >= 11 is 0. The highest BCUT2D eigenvalue weighted by Gasteiger charge is 2.44. The summed E-state index contributed by atoms with van der Waals surface area (Å²) in [4.78, 5) is 14.9. The number of esters is 1. The third kappa shape index (κ3) is 3.67. The van der Waals surface area contributed by atoms with Gasteiger partial charge in [0.15, 0.2) is 0 Å². The summed E-state index contributed by atoms with van der Waals surface area (Å²) in [5.74, 6) is 0.836. The molecule has 1 aromatic heterocycles. The van der Waals surface area contributed by atoms with Crippen LogP contribution < -0.4 is 0 Å². The topological polar surface area (TPSA) is 60.2 Å². The summed E-state index contributed by atoms with van der Waals surface area (Å²) in [5.41, 5.74) is 1.95. The molecular weight excluding hydrogens is 340 g/mol. The number of carbonyl (C=O) groups excluding carboxylic acids is 1. The molecule has 0 bridgehead atoms. The third-order valence-corrected chi connectivity index (χ3v) is 5.68. The zero-order chi connectivity index (χ0) is 18.8. The van der Waals surface area contributed by atoms with E-state index in [2.05, 4.69) is 34.3 Å². The van der Waals surface area contributed by atoms with E-state index >= 15 is 0 Å². The molecule has 0 amide bonds. The summed E-state index contributed by atoms with van der Waals surface area (Å²) in [7, 11) is 0. The van der Waals surface area contributed by atoms with Gasteiger partial charge in [-0.2, -0.15) is 0 Å². The molecule has 2 aromatic rings. The molecule has 4 atom stereocenters. The quantitative estimate of drug-likeness (QED) is 0.601. The lowest BCUT2D eigenvalue weighted by molar-refractivity contribution is -0.152. The van der Waals surface area contributed by atoms with Crippen LogP contribution in [0.4, 0.5) is 0 Å². The van der Waals surface area contributed by atoms with E-state index in [0.717, 1.165) is 31.0 Å². The Kier molecular flexibility index (Phi) is 5.07. The van der Waals surface area contributed by atoms with Gasteiger partial charge < -0.3 is 4.74 Å². The van der Waals surface area contributed by atoms with Crippen LogP contribution in [0.2, 0.25) is 0 Å². The van der Waals surface area contributed by atoms with Gasteiger partial charge in [-0.25, -0.2) is 4.68 Å². The number of hydrogen-bond acceptors (Lipinski definition) is 5. The molecule has 4 rings (SSSR count). The maximum absolute atomic E-state index is 12.5. The normalized spacial score (nSPS) is 27.5. The number of nitrogens with zero attached hydrogens (tertiary/aromatic N) is 4. The average Bonchev–Trinajstić information content (AvgIpc) is 3.29. The second kappa shape index (κ2) is 7.64. The molecule has 0 radical (unpaired) electrons. The Labute approximate surface area is 159 Å². The molecule has 27 heavy (non-hydrogen) atoms. The Morgan fingerprint density at radius 2 is 2.04 bits per heavy atom. The number of hydrogen-bond donors (Lipinski definition) is 0. The minimum Gasteiger partial charge on any atom is -0.466 e. The van der Waals surface area contributed by atoms with E-state index in [1.165, 1.54) is 0 Å². The number of rotatable bonds is 5. The summed E-state index contributed by atoms with van der Waals surface area (Å²) < 4.78 is 7.16. The van der Waals surface area contributed by atoms with Gasteiger partial charge in [0, 0.05) is 19.6 Å². The van der Waals surface area contributed by atoms with Crippen molar-refractivity contribution in [1.82, 2.24) is 19.9 Å². The van der Waals surface area contributed by atoms with Crippen LogP contribution in [-0.2, 0) is 16.1 Å². The fourth-order valence-electron chi connectivity index (χ4n) is 4.42. The number of allylic oxidation sites excluding steroid dienone is 1. The second-order valence-corrected chi connectivity index (χ2v) is 7.53. The SMILES string of the molecule is CCOC(=O)[C@H]1[C@@H]2CN(Cc3cn(-c4ccccc4)nn3)C[C@@H]2C=C[C@@H]1C. The molecule has 1 aromatic carbocycles. The van der Waals surface area contributed by atoms with E-state index in [9.17, 15) is 4.79 Å². The predicted octanol–water partition coefficient (Wildman–Crippen LogP) is 2.70. The monoisotopic (exact) mass is 366 g/mol. The van der Waals surface area contributed by atoms with Crippen molar-refractivity contribution in [3.63, 3.8) is 0 Å². The van der Waals surface area contributed by atoms with Crippen LogP contribution >= 0.6 is 0 Å². The fraction of sp³-hybridized carbons (Fsp3) is 0.476. The van der Waals surface area contributed by atoms with Gasteiger partial charge in [-0.05, 0) is 36.8 Å². The van der Waals surface area contributed by atoms with E-state index in [0.29, 0.717) is 18.4 Å². The lowest BCUT2D eigenvalue weighted by atomic mass is 9.72. The van der Waals surface area contributed by atoms with Gasteiger partial charge in [-0.15, -0.1) is 5.10 Å². The number of para-hydroxylation sites is 1. The lowest BCUT2D eigenvalue weighted by Gasteiger charge is -2.32. The maximum atomic E-state index is 12.5. The zero-order valence-corrected chi connectivity index (χ0v) is 15.9. The highest BCUT2D eigenvalue weighted by atomic mass is 16.5. The summed E-state index contributed by atoms with van der Waals surface area (Å²) in [6.07, 6.45) is 6.45. The first kappa shape index (κ1) is 17.9. The van der Waals surface area contributed by atoms with Crippen molar-refractivity contribution >= 4 is 5.97 Å². The van der Waals surface area contributed by atoms with Gasteiger partial charge in [0.05, 0.1) is 30.1 Å². The van der Waals surface area contributed by atoms with Crippen LogP contribution in [0.15, 0.2) is 48.7 Å². The molecule has 1 saturated heterocycles. The summed E-state index contributed by atoms with van der Waals surface area (Å²) in [6, 6.07) is 10.00. The molecule has 1 fully saturated rings. The first-order valence-corrected chi connectivity index (χ1v) is 9.69. The summed E-state index contributed by atoms with van der Waals surface area (Å²) in [6.45, 7) is 7.01. The Hall–Kier alpha value is -2.47. The zero-order valence-electron chi connectivity index (χ0n) is 15.9. The minimum atomic E-state index is -0.0544. The van der Waals surface area contributed by atoms with Crippen LogP contribution in [-0.4, -0.2) is 45.6 Å². The number of benzene rings is 1. The molecule has 0 saturated carbocycles. The fourth-order valence-corrected chi connectivity index (χ4v) is 4.42.